The maximum absolute atomic E-state index is 5.77. The SMILES string of the molecule is Nc1ccccc1N=C[CH]c1ccccc1. The number of hydrogen-bond acceptors (Lipinski definition) is 2. The Bertz CT molecular complexity index is 475. The molecular weight excluding hydrogens is 196 g/mol. The minimum atomic E-state index is 0.695. The van der Waals surface area contributed by atoms with Crippen LogP contribution in [0.25, 0.3) is 0 Å². The van der Waals surface area contributed by atoms with Crippen molar-refractivity contribution in [1.29, 1.82) is 0 Å². The van der Waals surface area contributed by atoms with E-state index in [9.17, 15) is 0 Å². The predicted molar refractivity (Wildman–Crippen MR) is 68.9 cm³/mol. The van der Waals surface area contributed by atoms with Crippen molar-refractivity contribution in [1.82, 2.24) is 0 Å². The molecular formula is C14H13N2. The summed E-state index contributed by atoms with van der Waals surface area (Å²) in [6.45, 7) is 0. The zero-order chi connectivity index (χ0) is 11.2. The molecule has 79 valence electrons. The number of anilines is 1. The van der Waals surface area contributed by atoms with Gasteiger partial charge in [-0.25, -0.2) is 0 Å². The Labute approximate surface area is 95.5 Å². The molecule has 0 atom stereocenters. The third kappa shape index (κ3) is 2.70. The molecule has 0 aliphatic heterocycles. The third-order valence-electron chi connectivity index (χ3n) is 2.22. The highest BCUT2D eigenvalue weighted by atomic mass is 14.8. The average molecular weight is 209 g/mol. The predicted octanol–water partition coefficient (Wildman–Crippen LogP) is 3.22. The molecule has 2 heteroatoms. The van der Waals surface area contributed by atoms with Gasteiger partial charge < -0.3 is 5.73 Å². The van der Waals surface area contributed by atoms with Crippen LogP contribution in [0.15, 0.2) is 59.6 Å². The van der Waals surface area contributed by atoms with Gasteiger partial charge in [-0.2, -0.15) is 0 Å². The average Bonchev–Trinajstić information content (AvgIpc) is 2.33. The molecule has 0 aromatic heterocycles. The number of para-hydroxylation sites is 2. The highest BCUT2D eigenvalue weighted by Gasteiger charge is 1.93. The van der Waals surface area contributed by atoms with E-state index in [-0.39, 0.29) is 0 Å². The van der Waals surface area contributed by atoms with Crippen molar-refractivity contribution in [2.24, 2.45) is 4.99 Å². The maximum Gasteiger partial charge on any atom is 0.0855 e. The Morgan fingerprint density at radius 3 is 2.31 bits per heavy atom. The van der Waals surface area contributed by atoms with Crippen LogP contribution in [0, 0.1) is 6.42 Å². The molecule has 2 aromatic rings. The lowest BCUT2D eigenvalue weighted by Gasteiger charge is -1.98. The zero-order valence-corrected chi connectivity index (χ0v) is 8.88. The van der Waals surface area contributed by atoms with E-state index in [2.05, 4.69) is 4.99 Å². The summed E-state index contributed by atoms with van der Waals surface area (Å²) in [5.74, 6) is 0. The molecule has 0 aliphatic carbocycles. The molecule has 2 nitrogen and oxygen atoms in total. The van der Waals surface area contributed by atoms with E-state index in [1.807, 2.05) is 61.0 Å². The van der Waals surface area contributed by atoms with Crippen molar-refractivity contribution in [2.45, 2.75) is 0 Å². The first-order chi connectivity index (χ1) is 7.86. The molecule has 16 heavy (non-hydrogen) atoms. The first kappa shape index (κ1) is 10.4. The van der Waals surface area contributed by atoms with Gasteiger partial charge in [-0.15, -0.1) is 0 Å². The summed E-state index contributed by atoms with van der Waals surface area (Å²) < 4.78 is 0. The fourth-order valence-electron chi connectivity index (χ4n) is 1.37. The normalized spacial score (nSPS) is 10.8. The van der Waals surface area contributed by atoms with Crippen molar-refractivity contribution in [3.8, 4) is 0 Å². The van der Waals surface area contributed by atoms with Gasteiger partial charge in [0.25, 0.3) is 0 Å². The maximum atomic E-state index is 5.77. The number of aliphatic imine (C=N–C) groups is 1. The van der Waals surface area contributed by atoms with E-state index in [0.29, 0.717) is 5.69 Å². The van der Waals surface area contributed by atoms with Gasteiger partial charge in [-0.3, -0.25) is 4.99 Å². The quantitative estimate of drug-likeness (QED) is 0.611. The van der Waals surface area contributed by atoms with Crippen LogP contribution < -0.4 is 5.73 Å². The molecule has 0 saturated heterocycles. The van der Waals surface area contributed by atoms with Gasteiger partial charge >= 0.3 is 0 Å². The molecule has 0 bridgehead atoms. The van der Waals surface area contributed by atoms with E-state index >= 15 is 0 Å². The number of nitrogen functional groups attached to an aromatic ring is 1. The fourth-order valence-corrected chi connectivity index (χ4v) is 1.37. The topological polar surface area (TPSA) is 38.4 Å². The lowest BCUT2D eigenvalue weighted by atomic mass is 10.2. The number of hydrogen-bond donors (Lipinski definition) is 1. The van der Waals surface area contributed by atoms with Gasteiger partial charge in [-0.1, -0.05) is 42.5 Å². The zero-order valence-electron chi connectivity index (χ0n) is 8.88. The molecule has 1 radical (unpaired) electrons. The second-order valence-electron chi connectivity index (χ2n) is 3.41. The molecule has 0 aliphatic rings. The first-order valence-corrected chi connectivity index (χ1v) is 5.13. The summed E-state index contributed by atoms with van der Waals surface area (Å²) in [7, 11) is 0. The van der Waals surface area contributed by atoms with Gasteiger partial charge in [0.15, 0.2) is 0 Å². The molecule has 2 rings (SSSR count). The molecule has 0 amide bonds. The molecule has 2 N–H and O–H groups in total. The van der Waals surface area contributed by atoms with Crippen molar-refractivity contribution >= 4 is 17.6 Å². The summed E-state index contributed by atoms with van der Waals surface area (Å²) in [5.41, 5.74) is 8.39. The Kier molecular flexibility index (Phi) is 3.34. The van der Waals surface area contributed by atoms with Gasteiger partial charge in [0.2, 0.25) is 0 Å². The second-order valence-corrected chi connectivity index (χ2v) is 3.41. The summed E-state index contributed by atoms with van der Waals surface area (Å²) in [5, 5.41) is 0. The fraction of sp³-hybridized carbons (Fsp3) is 0. The highest BCUT2D eigenvalue weighted by molar-refractivity contribution is 5.78. The van der Waals surface area contributed by atoms with E-state index in [1.54, 1.807) is 6.21 Å². The molecule has 0 spiro atoms. The van der Waals surface area contributed by atoms with Crippen LogP contribution in [0.4, 0.5) is 11.4 Å². The first-order valence-electron chi connectivity index (χ1n) is 5.13. The van der Waals surface area contributed by atoms with Gasteiger partial charge in [-0.05, 0) is 17.7 Å². The lowest BCUT2D eigenvalue weighted by Crippen LogP contribution is -1.85. The third-order valence-corrected chi connectivity index (χ3v) is 2.22. The second kappa shape index (κ2) is 5.12. The number of rotatable bonds is 3. The number of nitrogens with two attached hydrogens (primary N) is 1. The van der Waals surface area contributed by atoms with Gasteiger partial charge in [0.05, 0.1) is 11.4 Å². The van der Waals surface area contributed by atoms with Crippen molar-refractivity contribution in [2.75, 3.05) is 5.73 Å². The van der Waals surface area contributed by atoms with Crippen LogP contribution in [-0.4, -0.2) is 6.21 Å². The summed E-state index contributed by atoms with van der Waals surface area (Å²) in [4.78, 5) is 4.30. The Morgan fingerprint density at radius 1 is 0.875 bits per heavy atom. The Morgan fingerprint density at radius 2 is 1.56 bits per heavy atom. The molecule has 0 fully saturated rings. The molecule has 2 aromatic carbocycles. The van der Waals surface area contributed by atoms with Crippen LogP contribution in [0.2, 0.25) is 0 Å². The number of nitrogens with zero attached hydrogens (tertiary/aromatic N) is 1. The number of benzene rings is 2. The Hall–Kier alpha value is -2.09. The summed E-state index contributed by atoms with van der Waals surface area (Å²) in [6, 6.07) is 17.6. The van der Waals surface area contributed by atoms with Crippen LogP contribution in [-0.2, 0) is 0 Å². The molecule has 0 heterocycles. The Balaban J connectivity index is 2.03. The monoisotopic (exact) mass is 209 g/mol. The van der Waals surface area contributed by atoms with E-state index in [4.69, 9.17) is 5.73 Å². The smallest absolute Gasteiger partial charge is 0.0855 e. The van der Waals surface area contributed by atoms with Crippen LogP contribution >= 0.6 is 0 Å². The van der Waals surface area contributed by atoms with E-state index in [1.165, 1.54) is 0 Å². The largest absolute Gasteiger partial charge is 0.397 e. The highest BCUT2D eigenvalue weighted by Crippen LogP contribution is 2.19. The van der Waals surface area contributed by atoms with Gasteiger partial charge in [0.1, 0.15) is 0 Å². The lowest BCUT2D eigenvalue weighted by molar-refractivity contribution is 1.51. The van der Waals surface area contributed by atoms with Crippen LogP contribution in [0.1, 0.15) is 5.56 Å². The van der Waals surface area contributed by atoms with E-state index in [0.717, 1.165) is 11.3 Å². The van der Waals surface area contributed by atoms with E-state index < -0.39 is 0 Å². The van der Waals surface area contributed by atoms with Crippen LogP contribution in [0.3, 0.4) is 0 Å². The van der Waals surface area contributed by atoms with Gasteiger partial charge in [0, 0.05) is 12.6 Å². The van der Waals surface area contributed by atoms with Crippen molar-refractivity contribution in [3.63, 3.8) is 0 Å². The molecule has 0 saturated carbocycles. The van der Waals surface area contributed by atoms with Crippen molar-refractivity contribution < 1.29 is 0 Å². The van der Waals surface area contributed by atoms with Crippen LogP contribution in [0.5, 0.6) is 0 Å². The molecule has 0 unspecified atom stereocenters. The minimum Gasteiger partial charge on any atom is -0.397 e. The standard InChI is InChI=1S/C14H13N2/c15-13-8-4-5-9-14(13)16-11-10-12-6-2-1-3-7-12/h1-11H,15H2. The summed E-state index contributed by atoms with van der Waals surface area (Å²) >= 11 is 0. The van der Waals surface area contributed by atoms with Crippen molar-refractivity contribution in [3.05, 3.63) is 66.6 Å². The minimum absolute atomic E-state index is 0.695. The summed E-state index contributed by atoms with van der Waals surface area (Å²) in [6.07, 6.45) is 3.72.